The molecule has 24 heavy (non-hydrogen) atoms. The molecule has 7 heteroatoms. The van der Waals surface area contributed by atoms with Crippen LogP contribution in [-0.2, 0) is 4.79 Å². The van der Waals surface area contributed by atoms with E-state index in [0.717, 1.165) is 16.3 Å². The molecule has 6 nitrogen and oxygen atoms in total. The molecule has 2 amide bonds. The Morgan fingerprint density at radius 1 is 1.33 bits per heavy atom. The molecule has 2 heterocycles. The van der Waals surface area contributed by atoms with Crippen molar-refractivity contribution in [2.75, 3.05) is 18.4 Å². The number of anilines is 1. The van der Waals surface area contributed by atoms with Gasteiger partial charge in [-0.25, -0.2) is 9.78 Å². The van der Waals surface area contributed by atoms with Crippen LogP contribution in [0.15, 0.2) is 29.6 Å². The molecule has 3 rings (SSSR count). The lowest BCUT2D eigenvalue weighted by Gasteiger charge is -2.20. The molecule has 1 fully saturated rings. The summed E-state index contributed by atoms with van der Waals surface area (Å²) in [6.07, 6.45) is 0.470. The molecule has 1 atom stereocenters. The van der Waals surface area contributed by atoms with E-state index in [9.17, 15) is 14.7 Å². The highest BCUT2D eigenvalue weighted by Crippen LogP contribution is 2.30. The van der Waals surface area contributed by atoms with E-state index < -0.39 is 11.4 Å². The minimum Gasteiger partial charge on any atom is -0.481 e. The average molecular weight is 345 g/mol. The molecule has 0 aliphatic carbocycles. The standard InChI is InChI=1S/C17H19N3O3S/c1-11-9-24-14(18-11)12-3-5-13(6-4-12)19-16(23)20-8-7-17(2,10-20)15(21)22/h3-6,9H,7-8,10H2,1-2H3,(H,19,23)(H,21,22). The number of carboxylic acids is 1. The number of thiazole rings is 1. The number of aromatic nitrogens is 1. The third-order valence-electron chi connectivity index (χ3n) is 4.28. The number of nitrogens with one attached hydrogen (secondary N) is 1. The maximum Gasteiger partial charge on any atom is 0.321 e. The summed E-state index contributed by atoms with van der Waals surface area (Å²) in [6, 6.07) is 7.23. The fraction of sp³-hybridized carbons (Fsp3) is 0.353. The van der Waals surface area contributed by atoms with Gasteiger partial charge >= 0.3 is 12.0 Å². The van der Waals surface area contributed by atoms with E-state index in [1.807, 2.05) is 36.6 Å². The van der Waals surface area contributed by atoms with Gasteiger partial charge in [-0.3, -0.25) is 4.79 Å². The van der Waals surface area contributed by atoms with Crippen LogP contribution >= 0.6 is 11.3 Å². The monoisotopic (exact) mass is 345 g/mol. The van der Waals surface area contributed by atoms with Gasteiger partial charge in [0.2, 0.25) is 0 Å². The SMILES string of the molecule is Cc1csc(-c2ccc(NC(=O)N3CCC(C)(C(=O)O)C3)cc2)n1. The Morgan fingerprint density at radius 3 is 2.58 bits per heavy atom. The first-order valence-electron chi connectivity index (χ1n) is 7.69. The summed E-state index contributed by atoms with van der Waals surface area (Å²) in [6.45, 7) is 4.30. The Morgan fingerprint density at radius 2 is 2.04 bits per heavy atom. The van der Waals surface area contributed by atoms with Crippen molar-refractivity contribution < 1.29 is 14.7 Å². The van der Waals surface area contributed by atoms with E-state index in [1.165, 1.54) is 0 Å². The largest absolute Gasteiger partial charge is 0.481 e. The number of rotatable bonds is 3. The number of nitrogens with zero attached hydrogens (tertiary/aromatic N) is 2. The number of carboxylic acid groups (broad SMARTS) is 1. The van der Waals surface area contributed by atoms with Gasteiger partial charge in [0.15, 0.2) is 0 Å². The van der Waals surface area contributed by atoms with Gasteiger partial charge in [-0.15, -0.1) is 11.3 Å². The first-order chi connectivity index (χ1) is 11.4. The topological polar surface area (TPSA) is 82.5 Å². The van der Waals surface area contributed by atoms with E-state index >= 15 is 0 Å². The van der Waals surface area contributed by atoms with Crippen LogP contribution in [0.25, 0.3) is 10.6 Å². The summed E-state index contributed by atoms with van der Waals surface area (Å²) in [7, 11) is 0. The molecule has 1 aromatic heterocycles. The van der Waals surface area contributed by atoms with Crippen LogP contribution in [0.2, 0.25) is 0 Å². The van der Waals surface area contributed by atoms with Gasteiger partial charge in [0.1, 0.15) is 5.01 Å². The number of benzene rings is 1. The quantitative estimate of drug-likeness (QED) is 0.892. The van der Waals surface area contributed by atoms with E-state index in [-0.39, 0.29) is 12.6 Å². The van der Waals surface area contributed by atoms with Gasteiger partial charge in [-0.05, 0) is 44.5 Å². The van der Waals surface area contributed by atoms with Crippen LogP contribution in [0.1, 0.15) is 19.0 Å². The van der Waals surface area contributed by atoms with Crippen LogP contribution in [0.3, 0.4) is 0 Å². The molecule has 0 bridgehead atoms. The zero-order valence-electron chi connectivity index (χ0n) is 13.6. The van der Waals surface area contributed by atoms with Crippen molar-refractivity contribution in [3.63, 3.8) is 0 Å². The molecule has 126 valence electrons. The van der Waals surface area contributed by atoms with Crippen LogP contribution in [0.5, 0.6) is 0 Å². The fourth-order valence-electron chi connectivity index (χ4n) is 2.69. The highest BCUT2D eigenvalue weighted by atomic mass is 32.1. The molecule has 0 spiro atoms. The molecular weight excluding hydrogens is 326 g/mol. The van der Waals surface area contributed by atoms with Crippen LogP contribution in [0, 0.1) is 12.3 Å². The number of carbonyl (C=O) groups is 2. The molecular formula is C17H19N3O3S. The first-order valence-corrected chi connectivity index (χ1v) is 8.57. The summed E-state index contributed by atoms with van der Waals surface area (Å²) < 4.78 is 0. The van der Waals surface area contributed by atoms with Crippen molar-refractivity contribution >= 4 is 29.0 Å². The lowest BCUT2D eigenvalue weighted by atomic mass is 9.90. The van der Waals surface area contributed by atoms with Crippen molar-refractivity contribution in [2.24, 2.45) is 5.41 Å². The van der Waals surface area contributed by atoms with Gasteiger partial charge in [0, 0.05) is 35.4 Å². The smallest absolute Gasteiger partial charge is 0.321 e. The lowest BCUT2D eigenvalue weighted by Crippen LogP contribution is -2.37. The highest BCUT2D eigenvalue weighted by molar-refractivity contribution is 7.13. The number of amides is 2. The minimum absolute atomic E-state index is 0.227. The first kappa shape index (κ1) is 16.4. The number of aliphatic carboxylic acids is 1. The Bertz CT molecular complexity index is 772. The number of hydrogen-bond acceptors (Lipinski definition) is 4. The van der Waals surface area contributed by atoms with E-state index in [2.05, 4.69) is 10.3 Å². The maximum atomic E-state index is 12.3. The second-order valence-electron chi connectivity index (χ2n) is 6.34. The van der Waals surface area contributed by atoms with Crippen molar-refractivity contribution in [3.05, 3.63) is 35.3 Å². The van der Waals surface area contributed by atoms with E-state index in [0.29, 0.717) is 18.7 Å². The van der Waals surface area contributed by atoms with Gasteiger partial charge in [0.25, 0.3) is 0 Å². The predicted molar refractivity (Wildman–Crippen MR) is 93.2 cm³/mol. The van der Waals surface area contributed by atoms with Crippen LogP contribution in [0.4, 0.5) is 10.5 Å². The highest BCUT2D eigenvalue weighted by Gasteiger charge is 2.42. The number of likely N-dealkylation sites (tertiary alicyclic amines) is 1. The lowest BCUT2D eigenvalue weighted by molar-refractivity contribution is -0.146. The zero-order chi connectivity index (χ0) is 17.3. The summed E-state index contributed by atoms with van der Waals surface area (Å²) in [5, 5.41) is 15.0. The van der Waals surface area contributed by atoms with Crippen LogP contribution in [-0.4, -0.2) is 40.1 Å². The molecule has 0 saturated carbocycles. The molecule has 2 N–H and O–H groups in total. The Hall–Kier alpha value is -2.41. The van der Waals surface area contributed by atoms with E-state index in [1.54, 1.807) is 23.2 Å². The van der Waals surface area contributed by atoms with Gasteiger partial charge in [-0.2, -0.15) is 0 Å². The Balaban J connectivity index is 1.64. The molecule has 1 aliphatic rings. The molecule has 1 saturated heterocycles. The molecule has 1 aliphatic heterocycles. The van der Waals surface area contributed by atoms with Crippen molar-refractivity contribution in [1.82, 2.24) is 9.88 Å². The number of aryl methyl sites for hydroxylation is 1. The summed E-state index contributed by atoms with van der Waals surface area (Å²) >= 11 is 1.58. The van der Waals surface area contributed by atoms with Crippen molar-refractivity contribution in [1.29, 1.82) is 0 Å². The summed E-state index contributed by atoms with van der Waals surface area (Å²) in [5.41, 5.74) is 1.82. The summed E-state index contributed by atoms with van der Waals surface area (Å²) in [5.74, 6) is -0.860. The van der Waals surface area contributed by atoms with E-state index in [4.69, 9.17) is 0 Å². The minimum atomic E-state index is -0.860. The van der Waals surface area contributed by atoms with Crippen molar-refractivity contribution in [2.45, 2.75) is 20.3 Å². The average Bonchev–Trinajstić information content (AvgIpc) is 3.15. The normalized spacial score (nSPS) is 20.2. The summed E-state index contributed by atoms with van der Waals surface area (Å²) in [4.78, 5) is 29.5. The van der Waals surface area contributed by atoms with Gasteiger partial charge in [-0.1, -0.05) is 0 Å². The predicted octanol–water partition coefficient (Wildman–Crippen LogP) is 3.45. The zero-order valence-corrected chi connectivity index (χ0v) is 14.4. The molecule has 0 radical (unpaired) electrons. The number of urea groups is 1. The molecule has 1 unspecified atom stereocenters. The van der Waals surface area contributed by atoms with Gasteiger partial charge < -0.3 is 15.3 Å². The Kier molecular flexibility index (Phi) is 4.28. The Labute approximate surface area is 144 Å². The number of hydrogen-bond donors (Lipinski definition) is 2. The third kappa shape index (κ3) is 3.26. The maximum absolute atomic E-state index is 12.3. The number of carbonyl (C=O) groups excluding carboxylic acids is 1. The molecule has 1 aromatic carbocycles. The third-order valence-corrected chi connectivity index (χ3v) is 5.29. The second kappa shape index (κ2) is 6.24. The molecule has 2 aromatic rings. The van der Waals surface area contributed by atoms with Crippen LogP contribution < -0.4 is 5.32 Å². The fourth-order valence-corrected chi connectivity index (χ4v) is 3.50. The second-order valence-corrected chi connectivity index (χ2v) is 7.20. The van der Waals surface area contributed by atoms with Crippen molar-refractivity contribution in [3.8, 4) is 10.6 Å². The van der Waals surface area contributed by atoms with Gasteiger partial charge in [0.05, 0.1) is 5.41 Å².